The van der Waals surface area contributed by atoms with Crippen molar-refractivity contribution in [2.45, 2.75) is 38.0 Å². The van der Waals surface area contributed by atoms with Crippen molar-refractivity contribution in [1.29, 1.82) is 0 Å². The zero-order valence-corrected chi connectivity index (χ0v) is 9.30. The lowest BCUT2D eigenvalue weighted by molar-refractivity contribution is -0.141. The fourth-order valence-electron chi connectivity index (χ4n) is 2.19. The van der Waals surface area contributed by atoms with Gasteiger partial charge in [0.25, 0.3) is 5.91 Å². The van der Waals surface area contributed by atoms with Gasteiger partial charge in [-0.3, -0.25) is 9.59 Å². The molecule has 5 heteroatoms. The van der Waals surface area contributed by atoms with E-state index < -0.39 is 10.8 Å². The van der Waals surface area contributed by atoms with Crippen LogP contribution in [-0.4, -0.2) is 23.0 Å². The Morgan fingerprint density at radius 1 is 1.40 bits per heavy atom. The zero-order chi connectivity index (χ0) is 11.1. The SMILES string of the molecule is CC(Cl)C1=NC(=O)C2(CCCC2)C(=O)N1. The first-order valence-electron chi connectivity index (χ1n) is 5.15. The average Bonchev–Trinajstić information content (AvgIpc) is 2.64. The third-order valence-corrected chi connectivity index (χ3v) is 3.35. The quantitative estimate of drug-likeness (QED) is 0.542. The van der Waals surface area contributed by atoms with Gasteiger partial charge in [-0.2, -0.15) is 4.99 Å². The molecule has 1 saturated carbocycles. The van der Waals surface area contributed by atoms with E-state index in [1.165, 1.54) is 0 Å². The Balaban J connectivity index is 2.32. The summed E-state index contributed by atoms with van der Waals surface area (Å²) in [6, 6.07) is 0. The fraction of sp³-hybridized carbons (Fsp3) is 0.700. The Morgan fingerprint density at radius 2 is 2.00 bits per heavy atom. The van der Waals surface area contributed by atoms with Crippen molar-refractivity contribution in [3.05, 3.63) is 0 Å². The molecule has 1 heterocycles. The molecule has 1 aliphatic heterocycles. The lowest BCUT2D eigenvalue weighted by atomic mass is 9.83. The van der Waals surface area contributed by atoms with Gasteiger partial charge in [0.15, 0.2) is 0 Å². The molecule has 1 aliphatic carbocycles. The summed E-state index contributed by atoms with van der Waals surface area (Å²) in [6.45, 7) is 1.68. The van der Waals surface area contributed by atoms with Crippen molar-refractivity contribution >= 4 is 29.3 Å². The summed E-state index contributed by atoms with van der Waals surface area (Å²) in [6.07, 6.45) is 3.07. The normalized spacial score (nSPS) is 26.4. The molecule has 1 N–H and O–H groups in total. The Kier molecular flexibility index (Phi) is 2.54. The Morgan fingerprint density at radius 3 is 2.47 bits per heavy atom. The highest BCUT2D eigenvalue weighted by atomic mass is 35.5. The number of carbonyl (C=O) groups is 2. The lowest BCUT2D eigenvalue weighted by Crippen LogP contribution is -2.53. The minimum atomic E-state index is -0.880. The molecule has 15 heavy (non-hydrogen) atoms. The van der Waals surface area contributed by atoms with Gasteiger partial charge in [-0.1, -0.05) is 12.8 Å². The van der Waals surface area contributed by atoms with Crippen LogP contribution in [0.1, 0.15) is 32.6 Å². The van der Waals surface area contributed by atoms with Crippen molar-refractivity contribution in [3.63, 3.8) is 0 Å². The maximum absolute atomic E-state index is 11.9. The Labute approximate surface area is 93.1 Å². The van der Waals surface area contributed by atoms with Crippen molar-refractivity contribution in [2.75, 3.05) is 0 Å². The topological polar surface area (TPSA) is 58.5 Å². The summed E-state index contributed by atoms with van der Waals surface area (Å²) in [5, 5.41) is 2.20. The molecule has 1 spiro atoms. The number of amides is 2. The highest BCUT2D eigenvalue weighted by molar-refractivity contribution is 6.35. The van der Waals surface area contributed by atoms with Gasteiger partial charge < -0.3 is 5.32 Å². The summed E-state index contributed by atoms with van der Waals surface area (Å²) < 4.78 is 0. The van der Waals surface area contributed by atoms with Crippen LogP contribution in [-0.2, 0) is 9.59 Å². The van der Waals surface area contributed by atoms with Crippen LogP contribution in [0, 0.1) is 5.41 Å². The molecule has 0 radical (unpaired) electrons. The van der Waals surface area contributed by atoms with Gasteiger partial charge in [0.2, 0.25) is 5.91 Å². The number of nitrogens with one attached hydrogen (secondary N) is 1. The molecular formula is C10H13ClN2O2. The summed E-state index contributed by atoms with van der Waals surface area (Å²) >= 11 is 5.78. The number of rotatable bonds is 1. The third-order valence-electron chi connectivity index (χ3n) is 3.14. The number of halogens is 1. The smallest absolute Gasteiger partial charge is 0.263 e. The predicted molar refractivity (Wildman–Crippen MR) is 56.8 cm³/mol. The van der Waals surface area contributed by atoms with Crippen LogP contribution in [0.2, 0.25) is 0 Å². The Hall–Kier alpha value is -0.900. The van der Waals surface area contributed by atoms with Crippen molar-refractivity contribution < 1.29 is 9.59 Å². The van der Waals surface area contributed by atoms with E-state index in [1.54, 1.807) is 6.92 Å². The third kappa shape index (κ3) is 1.57. The van der Waals surface area contributed by atoms with E-state index in [9.17, 15) is 9.59 Å². The number of alkyl halides is 1. The van der Waals surface area contributed by atoms with Gasteiger partial charge in [0.1, 0.15) is 11.3 Å². The first kappa shape index (κ1) is 10.6. The van der Waals surface area contributed by atoms with E-state index in [0.29, 0.717) is 12.8 Å². The largest absolute Gasteiger partial charge is 0.312 e. The highest BCUT2D eigenvalue weighted by Crippen LogP contribution is 2.40. The summed E-state index contributed by atoms with van der Waals surface area (Å²) in [5.74, 6) is -0.252. The number of hydrogen-bond donors (Lipinski definition) is 1. The van der Waals surface area contributed by atoms with E-state index in [1.807, 2.05) is 0 Å². The molecule has 1 atom stereocenters. The molecule has 0 aromatic rings. The van der Waals surface area contributed by atoms with Crippen LogP contribution in [0.5, 0.6) is 0 Å². The zero-order valence-electron chi connectivity index (χ0n) is 8.55. The van der Waals surface area contributed by atoms with Crippen LogP contribution in [0.25, 0.3) is 0 Å². The van der Waals surface area contributed by atoms with Gasteiger partial charge >= 0.3 is 0 Å². The number of aliphatic imine (C=N–C) groups is 1. The minimum Gasteiger partial charge on any atom is -0.312 e. The lowest BCUT2D eigenvalue weighted by Gasteiger charge is -2.29. The van der Waals surface area contributed by atoms with Crippen molar-refractivity contribution in [3.8, 4) is 0 Å². The molecule has 0 aromatic heterocycles. The molecule has 2 amide bonds. The van der Waals surface area contributed by atoms with Gasteiger partial charge in [-0.05, 0) is 19.8 Å². The summed E-state index contributed by atoms with van der Waals surface area (Å²) in [4.78, 5) is 27.6. The molecule has 0 bridgehead atoms. The second kappa shape index (κ2) is 3.59. The van der Waals surface area contributed by atoms with E-state index in [0.717, 1.165) is 12.8 Å². The maximum Gasteiger partial charge on any atom is 0.263 e. The molecule has 1 fully saturated rings. The van der Waals surface area contributed by atoms with Crippen LogP contribution < -0.4 is 5.32 Å². The standard InChI is InChI=1S/C10H13ClN2O2/c1-6(11)7-12-8(14)10(9(15)13-7)4-2-3-5-10/h6H,2-5H2,1H3,(H,12,13,14,15). The van der Waals surface area contributed by atoms with E-state index in [2.05, 4.69) is 10.3 Å². The first-order valence-corrected chi connectivity index (χ1v) is 5.58. The van der Waals surface area contributed by atoms with Crippen molar-refractivity contribution in [2.24, 2.45) is 10.4 Å². The van der Waals surface area contributed by atoms with Crippen LogP contribution in [0.15, 0.2) is 4.99 Å². The molecule has 0 aromatic carbocycles. The summed E-state index contributed by atoms with van der Waals surface area (Å²) in [7, 11) is 0. The van der Waals surface area contributed by atoms with Crippen LogP contribution in [0.4, 0.5) is 0 Å². The van der Waals surface area contributed by atoms with E-state index in [-0.39, 0.29) is 17.6 Å². The molecule has 2 aliphatic rings. The molecule has 0 saturated heterocycles. The maximum atomic E-state index is 11.9. The second-order valence-corrected chi connectivity index (χ2v) is 4.82. The average molecular weight is 229 g/mol. The van der Waals surface area contributed by atoms with E-state index >= 15 is 0 Å². The molecule has 1 unspecified atom stereocenters. The fourth-order valence-corrected chi connectivity index (χ4v) is 2.29. The highest BCUT2D eigenvalue weighted by Gasteiger charge is 2.50. The number of hydrogen-bond acceptors (Lipinski definition) is 2. The second-order valence-electron chi connectivity index (χ2n) is 4.16. The molecule has 2 rings (SSSR count). The van der Waals surface area contributed by atoms with Gasteiger partial charge in [-0.15, -0.1) is 11.6 Å². The summed E-state index contributed by atoms with van der Waals surface area (Å²) in [5.41, 5.74) is -0.880. The molecule has 4 nitrogen and oxygen atoms in total. The van der Waals surface area contributed by atoms with Crippen molar-refractivity contribution in [1.82, 2.24) is 5.32 Å². The van der Waals surface area contributed by atoms with Gasteiger partial charge in [0.05, 0.1) is 5.38 Å². The van der Waals surface area contributed by atoms with Gasteiger partial charge in [-0.25, -0.2) is 0 Å². The minimum absolute atomic E-state index is 0.220. The Bertz CT molecular complexity index is 343. The monoisotopic (exact) mass is 228 g/mol. The number of amidine groups is 1. The van der Waals surface area contributed by atoms with Crippen LogP contribution >= 0.6 is 11.6 Å². The predicted octanol–water partition coefficient (Wildman–Crippen LogP) is 1.23. The van der Waals surface area contributed by atoms with Gasteiger partial charge in [0, 0.05) is 0 Å². The number of nitrogens with zero attached hydrogens (tertiary/aromatic N) is 1. The number of carbonyl (C=O) groups excluding carboxylic acids is 2. The molecule has 82 valence electrons. The first-order chi connectivity index (χ1) is 7.06. The van der Waals surface area contributed by atoms with Crippen LogP contribution in [0.3, 0.4) is 0 Å². The molecular weight excluding hydrogens is 216 g/mol. The van der Waals surface area contributed by atoms with E-state index in [4.69, 9.17) is 11.6 Å².